The van der Waals surface area contributed by atoms with E-state index in [4.69, 9.17) is 5.26 Å². The first-order chi connectivity index (χ1) is 7.28. The predicted molar refractivity (Wildman–Crippen MR) is 56.2 cm³/mol. The van der Waals surface area contributed by atoms with Gasteiger partial charge in [0.2, 0.25) is 5.91 Å². The van der Waals surface area contributed by atoms with Crippen LogP contribution in [0.4, 0.5) is 5.69 Å². The Kier molecular flexibility index (Phi) is 2.55. The molecule has 0 saturated carbocycles. The summed E-state index contributed by atoms with van der Waals surface area (Å²) in [5, 5.41) is 14.6. The fraction of sp³-hybridized carbons (Fsp3) is 0.273. The van der Waals surface area contributed by atoms with Gasteiger partial charge in [-0.3, -0.25) is 4.79 Å². The van der Waals surface area contributed by atoms with Gasteiger partial charge in [0.1, 0.15) is 0 Å². The van der Waals surface area contributed by atoms with Crippen molar-refractivity contribution in [2.45, 2.75) is 12.5 Å². The van der Waals surface area contributed by atoms with E-state index in [1.807, 2.05) is 12.1 Å². The van der Waals surface area contributed by atoms with E-state index < -0.39 is 0 Å². The van der Waals surface area contributed by atoms with Gasteiger partial charge in [-0.15, -0.1) is 0 Å². The van der Waals surface area contributed by atoms with Crippen molar-refractivity contribution in [2.24, 2.45) is 0 Å². The number of nitrogens with zero attached hydrogens (tertiary/aromatic N) is 1. The van der Waals surface area contributed by atoms with E-state index in [1.165, 1.54) is 0 Å². The van der Waals surface area contributed by atoms with Crippen LogP contribution in [0.1, 0.15) is 12.0 Å². The SMILES string of the molecule is N#Cc1ccc(NC2CNC(=O)C2)cc1. The Bertz CT molecular complexity index is 405. The number of benzene rings is 1. The third-order valence-corrected chi connectivity index (χ3v) is 2.36. The fourth-order valence-electron chi connectivity index (χ4n) is 1.58. The highest BCUT2D eigenvalue weighted by atomic mass is 16.1. The summed E-state index contributed by atoms with van der Waals surface area (Å²) in [5.41, 5.74) is 1.58. The van der Waals surface area contributed by atoms with Crippen molar-refractivity contribution >= 4 is 11.6 Å². The van der Waals surface area contributed by atoms with E-state index in [-0.39, 0.29) is 11.9 Å². The maximum atomic E-state index is 10.9. The zero-order chi connectivity index (χ0) is 10.7. The number of carbonyl (C=O) groups is 1. The van der Waals surface area contributed by atoms with Crippen LogP contribution in [0.25, 0.3) is 0 Å². The highest BCUT2D eigenvalue weighted by Gasteiger charge is 2.20. The highest BCUT2D eigenvalue weighted by Crippen LogP contribution is 2.12. The minimum atomic E-state index is 0.0844. The molecule has 1 saturated heterocycles. The number of nitrogens with one attached hydrogen (secondary N) is 2. The van der Waals surface area contributed by atoms with Crippen LogP contribution in [-0.4, -0.2) is 18.5 Å². The Balaban J connectivity index is 1.99. The molecule has 76 valence electrons. The molecule has 2 rings (SSSR count). The zero-order valence-electron chi connectivity index (χ0n) is 8.16. The van der Waals surface area contributed by atoms with Crippen molar-refractivity contribution in [3.63, 3.8) is 0 Å². The van der Waals surface area contributed by atoms with Crippen molar-refractivity contribution in [3.05, 3.63) is 29.8 Å². The van der Waals surface area contributed by atoms with Crippen LogP contribution in [0.15, 0.2) is 24.3 Å². The van der Waals surface area contributed by atoms with Crippen LogP contribution in [0, 0.1) is 11.3 Å². The van der Waals surface area contributed by atoms with E-state index in [0.717, 1.165) is 5.69 Å². The lowest BCUT2D eigenvalue weighted by Gasteiger charge is -2.11. The van der Waals surface area contributed by atoms with E-state index in [9.17, 15) is 4.79 Å². The first kappa shape index (κ1) is 9.53. The summed E-state index contributed by atoms with van der Waals surface area (Å²) in [6.07, 6.45) is 0.514. The average Bonchev–Trinajstić information content (AvgIpc) is 2.65. The topological polar surface area (TPSA) is 64.9 Å². The molecule has 2 N–H and O–H groups in total. The zero-order valence-corrected chi connectivity index (χ0v) is 8.16. The summed E-state index contributed by atoms with van der Waals surface area (Å²) in [4.78, 5) is 10.9. The van der Waals surface area contributed by atoms with E-state index in [1.54, 1.807) is 12.1 Å². The Hall–Kier alpha value is -2.02. The molecule has 1 unspecified atom stereocenters. The van der Waals surface area contributed by atoms with Crippen LogP contribution in [0.2, 0.25) is 0 Å². The first-order valence-electron chi connectivity index (χ1n) is 4.81. The molecular weight excluding hydrogens is 190 g/mol. The molecule has 0 spiro atoms. The Morgan fingerprint density at radius 2 is 2.13 bits per heavy atom. The van der Waals surface area contributed by atoms with E-state index >= 15 is 0 Å². The summed E-state index contributed by atoms with van der Waals surface area (Å²) in [5.74, 6) is 0.0844. The molecule has 0 bridgehead atoms. The predicted octanol–water partition coefficient (Wildman–Crippen LogP) is 0.859. The lowest BCUT2D eigenvalue weighted by Crippen LogP contribution is -2.22. The molecule has 0 radical (unpaired) electrons. The second-order valence-corrected chi connectivity index (χ2v) is 3.54. The number of hydrogen-bond donors (Lipinski definition) is 2. The van der Waals surface area contributed by atoms with Crippen LogP contribution < -0.4 is 10.6 Å². The van der Waals surface area contributed by atoms with Gasteiger partial charge in [-0.2, -0.15) is 5.26 Å². The molecule has 1 heterocycles. The van der Waals surface area contributed by atoms with E-state index in [2.05, 4.69) is 16.7 Å². The van der Waals surface area contributed by atoms with Crippen LogP contribution in [0.3, 0.4) is 0 Å². The molecule has 1 aromatic rings. The van der Waals surface area contributed by atoms with Gasteiger partial charge in [0.25, 0.3) is 0 Å². The number of anilines is 1. The number of amides is 1. The summed E-state index contributed by atoms with van der Waals surface area (Å²) in [7, 11) is 0. The Morgan fingerprint density at radius 3 is 2.67 bits per heavy atom. The van der Waals surface area contributed by atoms with Gasteiger partial charge in [-0.1, -0.05) is 0 Å². The second-order valence-electron chi connectivity index (χ2n) is 3.54. The van der Waals surface area contributed by atoms with Crippen LogP contribution in [-0.2, 0) is 4.79 Å². The molecule has 1 amide bonds. The Morgan fingerprint density at radius 1 is 1.40 bits per heavy atom. The van der Waals surface area contributed by atoms with Crippen LogP contribution >= 0.6 is 0 Å². The van der Waals surface area contributed by atoms with E-state index in [0.29, 0.717) is 18.5 Å². The molecule has 0 aromatic heterocycles. The minimum Gasteiger partial charge on any atom is -0.380 e. The lowest BCUT2D eigenvalue weighted by atomic mass is 10.2. The summed E-state index contributed by atoms with van der Waals surface area (Å²) < 4.78 is 0. The third-order valence-electron chi connectivity index (χ3n) is 2.36. The van der Waals surface area contributed by atoms with Crippen molar-refractivity contribution in [1.82, 2.24) is 5.32 Å². The van der Waals surface area contributed by atoms with Crippen molar-refractivity contribution in [1.29, 1.82) is 5.26 Å². The average molecular weight is 201 g/mol. The smallest absolute Gasteiger partial charge is 0.222 e. The largest absolute Gasteiger partial charge is 0.380 e. The first-order valence-corrected chi connectivity index (χ1v) is 4.81. The molecule has 4 nitrogen and oxygen atoms in total. The monoisotopic (exact) mass is 201 g/mol. The summed E-state index contributed by atoms with van der Waals surface area (Å²) in [6, 6.07) is 9.43. The maximum absolute atomic E-state index is 10.9. The van der Waals surface area contributed by atoms with Gasteiger partial charge < -0.3 is 10.6 Å². The quantitative estimate of drug-likeness (QED) is 0.745. The normalized spacial score (nSPS) is 19.4. The lowest BCUT2D eigenvalue weighted by molar-refractivity contribution is -0.119. The number of hydrogen-bond acceptors (Lipinski definition) is 3. The van der Waals surface area contributed by atoms with Crippen molar-refractivity contribution in [3.8, 4) is 6.07 Å². The fourth-order valence-corrected chi connectivity index (χ4v) is 1.58. The third kappa shape index (κ3) is 2.26. The van der Waals surface area contributed by atoms with Gasteiger partial charge in [-0.05, 0) is 24.3 Å². The molecular formula is C11H11N3O. The number of carbonyl (C=O) groups excluding carboxylic acids is 1. The molecule has 15 heavy (non-hydrogen) atoms. The highest BCUT2D eigenvalue weighted by molar-refractivity contribution is 5.79. The molecule has 1 aliphatic heterocycles. The maximum Gasteiger partial charge on any atom is 0.222 e. The van der Waals surface area contributed by atoms with Crippen molar-refractivity contribution < 1.29 is 4.79 Å². The van der Waals surface area contributed by atoms with Gasteiger partial charge in [0, 0.05) is 18.7 Å². The standard InChI is InChI=1S/C11H11N3O/c12-6-8-1-3-9(4-2-8)14-10-5-11(15)13-7-10/h1-4,10,14H,5,7H2,(H,13,15). The second kappa shape index (κ2) is 4.01. The van der Waals surface area contributed by atoms with Gasteiger partial charge in [0.05, 0.1) is 17.7 Å². The number of nitriles is 1. The van der Waals surface area contributed by atoms with Crippen molar-refractivity contribution in [2.75, 3.05) is 11.9 Å². The number of rotatable bonds is 2. The molecule has 1 aromatic carbocycles. The Labute approximate surface area is 87.9 Å². The summed E-state index contributed by atoms with van der Waals surface area (Å²) >= 11 is 0. The van der Waals surface area contributed by atoms with Gasteiger partial charge >= 0.3 is 0 Å². The molecule has 1 aliphatic rings. The molecule has 1 atom stereocenters. The van der Waals surface area contributed by atoms with Crippen LogP contribution in [0.5, 0.6) is 0 Å². The minimum absolute atomic E-state index is 0.0844. The van der Waals surface area contributed by atoms with Gasteiger partial charge in [-0.25, -0.2) is 0 Å². The van der Waals surface area contributed by atoms with Gasteiger partial charge in [0.15, 0.2) is 0 Å². The molecule has 0 aliphatic carbocycles. The summed E-state index contributed by atoms with van der Waals surface area (Å²) in [6.45, 7) is 0.666. The molecule has 4 heteroatoms. The molecule has 1 fully saturated rings.